The Morgan fingerprint density at radius 2 is 2.11 bits per heavy atom. The Labute approximate surface area is 128 Å². The summed E-state index contributed by atoms with van der Waals surface area (Å²) in [5, 5.41) is 3.48. The molecule has 0 saturated heterocycles. The van der Waals surface area contributed by atoms with Gasteiger partial charge in [-0.2, -0.15) is 0 Å². The molecule has 2 nitrogen and oxygen atoms in total. The number of hydrogen-bond acceptors (Lipinski definition) is 2. The average molecular weight is 369 g/mol. The van der Waals surface area contributed by atoms with Crippen LogP contribution in [0, 0.1) is 3.57 Å². The van der Waals surface area contributed by atoms with E-state index in [0.29, 0.717) is 6.04 Å². The van der Waals surface area contributed by atoms with Crippen molar-refractivity contribution < 1.29 is 4.42 Å². The zero-order valence-corrected chi connectivity index (χ0v) is 13.6. The highest BCUT2D eigenvalue weighted by molar-refractivity contribution is 14.1. The SMILES string of the molecule is CCCNC(C)Cc1ccc(-c2cccc(I)c2)o1. The Bertz CT molecular complexity index is 521. The predicted molar refractivity (Wildman–Crippen MR) is 88.3 cm³/mol. The van der Waals surface area contributed by atoms with E-state index in [1.54, 1.807) is 0 Å². The van der Waals surface area contributed by atoms with E-state index in [2.05, 4.69) is 78.2 Å². The molecular weight excluding hydrogens is 349 g/mol. The highest BCUT2D eigenvalue weighted by Gasteiger charge is 2.08. The minimum absolute atomic E-state index is 0.454. The molecule has 2 rings (SSSR count). The van der Waals surface area contributed by atoms with Gasteiger partial charge in [-0.15, -0.1) is 0 Å². The summed E-state index contributed by atoms with van der Waals surface area (Å²) in [5.41, 5.74) is 1.15. The molecule has 0 aliphatic rings. The molecule has 0 aliphatic carbocycles. The number of hydrogen-bond donors (Lipinski definition) is 1. The van der Waals surface area contributed by atoms with E-state index >= 15 is 0 Å². The summed E-state index contributed by atoms with van der Waals surface area (Å²) in [5.74, 6) is 2.00. The third-order valence-electron chi connectivity index (χ3n) is 3.02. The van der Waals surface area contributed by atoms with Crippen LogP contribution in [0.1, 0.15) is 26.0 Å². The first-order valence-electron chi connectivity index (χ1n) is 6.77. The lowest BCUT2D eigenvalue weighted by Gasteiger charge is -2.10. The Morgan fingerprint density at radius 3 is 2.84 bits per heavy atom. The van der Waals surface area contributed by atoms with Gasteiger partial charge in [-0.25, -0.2) is 0 Å². The molecule has 0 radical (unpaired) electrons. The third-order valence-corrected chi connectivity index (χ3v) is 3.69. The second-order valence-electron chi connectivity index (χ2n) is 4.84. The quantitative estimate of drug-likeness (QED) is 0.760. The van der Waals surface area contributed by atoms with Crippen LogP contribution in [0.3, 0.4) is 0 Å². The van der Waals surface area contributed by atoms with E-state index in [4.69, 9.17) is 4.42 Å². The van der Waals surface area contributed by atoms with Crippen LogP contribution in [0.4, 0.5) is 0 Å². The fraction of sp³-hybridized carbons (Fsp3) is 0.375. The fourth-order valence-corrected chi connectivity index (χ4v) is 2.59. The monoisotopic (exact) mass is 369 g/mol. The van der Waals surface area contributed by atoms with E-state index in [9.17, 15) is 0 Å². The average Bonchev–Trinajstić information content (AvgIpc) is 2.85. The summed E-state index contributed by atoms with van der Waals surface area (Å²) in [4.78, 5) is 0. The van der Waals surface area contributed by atoms with Crippen molar-refractivity contribution in [2.24, 2.45) is 0 Å². The van der Waals surface area contributed by atoms with Crippen LogP contribution in [-0.4, -0.2) is 12.6 Å². The minimum Gasteiger partial charge on any atom is -0.461 e. The van der Waals surface area contributed by atoms with Crippen molar-refractivity contribution in [2.45, 2.75) is 32.7 Å². The Hall–Kier alpha value is -0.810. The molecule has 0 spiro atoms. The van der Waals surface area contributed by atoms with Crippen molar-refractivity contribution in [1.29, 1.82) is 0 Å². The van der Waals surface area contributed by atoms with Gasteiger partial charge in [-0.3, -0.25) is 0 Å². The molecule has 1 atom stereocenters. The second kappa shape index (κ2) is 7.10. The summed E-state index contributed by atoms with van der Waals surface area (Å²) in [6, 6.07) is 13.0. The third kappa shape index (κ3) is 4.35. The first-order chi connectivity index (χ1) is 9.19. The highest BCUT2D eigenvalue weighted by Crippen LogP contribution is 2.24. The molecule has 1 aromatic carbocycles. The maximum Gasteiger partial charge on any atom is 0.134 e. The van der Waals surface area contributed by atoms with Gasteiger partial charge in [0, 0.05) is 21.6 Å². The highest BCUT2D eigenvalue weighted by atomic mass is 127. The van der Waals surface area contributed by atoms with Crippen LogP contribution in [0.25, 0.3) is 11.3 Å². The van der Waals surface area contributed by atoms with Gasteiger partial charge in [0.2, 0.25) is 0 Å². The van der Waals surface area contributed by atoms with Crippen LogP contribution in [-0.2, 0) is 6.42 Å². The van der Waals surface area contributed by atoms with Crippen molar-refractivity contribution in [1.82, 2.24) is 5.32 Å². The summed E-state index contributed by atoms with van der Waals surface area (Å²) in [7, 11) is 0. The zero-order chi connectivity index (χ0) is 13.7. The van der Waals surface area contributed by atoms with E-state index in [1.807, 2.05) is 0 Å². The van der Waals surface area contributed by atoms with Gasteiger partial charge in [0.15, 0.2) is 0 Å². The topological polar surface area (TPSA) is 25.2 Å². The lowest BCUT2D eigenvalue weighted by Crippen LogP contribution is -2.28. The van der Waals surface area contributed by atoms with Crippen LogP contribution >= 0.6 is 22.6 Å². The van der Waals surface area contributed by atoms with Crippen molar-refractivity contribution >= 4 is 22.6 Å². The first-order valence-corrected chi connectivity index (χ1v) is 7.85. The molecule has 1 N–H and O–H groups in total. The largest absolute Gasteiger partial charge is 0.461 e. The van der Waals surface area contributed by atoms with Gasteiger partial charge in [0.05, 0.1) is 0 Å². The molecule has 1 aromatic heterocycles. The van der Waals surface area contributed by atoms with Gasteiger partial charge < -0.3 is 9.73 Å². The van der Waals surface area contributed by atoms with Gasteiger partial charge in [0.25, 0.3) is 0 Å². The summed E-state index contributed by atoms with van der Waals surface area (Å²) in [6.07, 6.45) is 2.10. The normalized spacial score (nSPS) is 12.6. The van der Waals surface area contributed by atoms with Crippen LogP contribution in [0.15, 0.2) is 40.8 Å². The standard InChI is InChI=1S/C16H20INO/c1-3-9-18-12(2)10-15-7-8-16(19-15)13-5-4-6-14(17)11-13/h4-8,11-12,18H,3,9-10H2,1-2H3. The Balaban J connectivity index is 2.03. The van der Waals surface area contributed by atoms with Gasteiger partial charge in [-0.05, 0) is 66.7 Å². The predicted octanol–water partition coefficient (Wildman–Crippen LogP) is 4.48. The van der Waals surface area contributed by atoms with Crippen molar-refractivity contribution in [3.8, 4) is 11.3 Å². The van der Waals surface area contributed by atoms with Crippen LogP contribution < -0.4 is 5.32 Å². The summed E-state index contributed by atoms with van der Waals surface area (Å²) >= 11 is 2.32. The second-order valence-corrected chi connectivity index (χ2v) is 6.08. The molecule has 0 fully saturated rings. The van der Waals surface area contributed by atoms with E-state index in [-0.39, 0.29) is 0 Å². The molecule has 2 aromatic rings. The number of rotatable bonds is 6. The van der Waals surface area contributed by atoms with Gasteiger partial charge in [0.1, 0.15) is 11.5 Å². The number of furan rings is 1. The van der Waals surface area contributed by atoms with E-state index < -0.39 is 0 Å². The number of nitrogens with one attached hydrogen (secondary N) is 1. The molecule has 0 aliphatic heterocycles. The maximum absolute atomic E-state index is 5.93. The van der Waals surface area contributed by atoms with Crippen molar-refractivity contribution in [2.75, 3.05) is 6.54 Å². The summed E-state index contributed by atoms with van der Waals surface area (Å²) < 4.78 is 7.16. The lowest BCUT2D eigenvalue weighted by atomic mass is 10.2. The minimum atomic E-state index is 0.454. The summed E-state index contributed by atoms with van der Waals surface area (Å²) in [6.45, 7) is 5.44. The molecule has 1 heterocycles. The maximum atomic E-state index is 5.93. The van der Waals surface area contributed by atoms with Crippen molar-refractivity contribution in [3.63, 3.8) is 0 Å². The zero-order valence-electron chi connectivity index (χ0n) is 11.4. The first kappa shape index (κ1) is 14.6. The van der Waals surface area contributed by atoms with Crippen LogP contribution in [0.5, 0.6) is 0 Å². The Kier molecular flexibility index (Phi) is 5.45. The fourth-order valence-electron chi connectivity index (χ4n) is 2.05. The molecule has 0 amide bonds. The van der Waals surface area contributed by atoms with Crippen LogP contribution in [0.2, 0.25) is 0 Å². The molecule has 19 heavy (non-hydrogen) atoms. The molecular formula is C16H20INO. The van der Waals surface area contributed by atoms with Crippen molar-refractivity contribution in [3.05, 3.63) is 45.7 Å². The molecule has 0 bridgehead atoms. The molecule has 3 heteroatoms. The number of benzene rings is 1. The van der Waals surface area contributed by atoms with E-state index in [0.717, 1.165) is 36.5 Å². The molecule has 0 saturated carbocycles. The van der Waals surface area contributed by atoms with Gasteiger partial charge >= 0.3 is 0 Å². The lowest BCUT2D eigenvalue weighted by molar-refractivity contribution is 0.464. The van der Waals surface area contributed by atoms with Gasteiger partial charge in [-0.1, -0.05) is 19.1 Å². The molecule has 102 valence electrons. The Morgan fingerprint density at radius 1 is 1.26 bits per heavy atom. The van der Waals surface area contributed by atoms with E-state index in [1.165, 1.54) is 3.57 Å². The molecule has 1 unspecified atom stereocenters. The smallest absolute Gasteiger partial charge is 0.134 e. The number of halogens is 1.